The highest BCUT2D eigenvalue weighted by atomic mass is 16.5. The molecule has 0 bridgehead atoms. The van der Waals surface area contributed by atoms with Crippen molar-refractivity contribution in [2.75, 3.05) is 7.11 Å². The first-order valence-corrected chi connectivity index (χ1v) is 5.82. The molecule has 0 saturated carbocycles. The maximum absolute atomic E-state index is 11.6. The van der Waals surface area contributed by atoms with Crippen molar-refractivity contribution >= 4 is 5.91 Å². The van der Waals surface area contributed by atoms with E-state index < -0.39 is 0 Å². The summed E-state index contributed by atoms with van der Waals surface area (Å²) in [4.78, 5) is 15.7. The Morgan fingerprint density at radius 1 is 1.50 bits per heavy atom. The van der Waals surface area contributed by atoms with E-state index in [1.165, 1.54) is 0 Å². The van der Waals surface area contributed by atoms with Gasteiger partial charge in [0.25, 0.3) is 0 Å². The molecule has 0 radical (unpaired) electrons. The lowest BCUT2D eigenvalue weighted by atomic mass is 10.1. The summed E-state index contributed by atoms with van der Waals surface area (Å²) < 4.78 is 5.11. The van der Waals surface area contributed by atoms with Gasteiger partial charge in [-0.15, -0.1) is 0 Å². The number of hydrogen-bond acceptors (Lipinski definition) is 5. The number of rotatable bonds is 6. The maximum atomic E-state index is 11.6. The van der Waals surface area contributed by atoms with Crippen LogP contribution in [-0.2, 0) is 11.3 Å². The van der Waals surface area contributed by atoms with Gasteiger partial charge in [-0.25, -0.2) is 4.98 Å². The Balaban J connectivity index is 1.78. The Bertz CT molecular complexity index is 467. The maximum Gasteiger partial charge on any atom is 0.220 e. The van der Waals surface area contributed by atoms with Gasteiger partial charge in [-0.2, -0.15) is 10.2 Å². The quantitative estimate of drug-likeness (QED) is 0.831. The molecule has 18 heavy (non-hydrogen) atoms. The predicted molar refractivity (Wildman–Crippen MR) is 65.1 cm³/mol. The number of nitrogens with zero attached hydrogens (tertiary/aromatic N) is 3. The van der Waals surface area contributed by atoms with Gasteiger partial charge in [0.15, 0.2) is 5.66 Å². The van der Waals surface area contributed by atoms with Crippen LogP contribution in [0, 0.1) is 0 Å². The fourth-order valence-electron chi connectivity index (χ4n) is 1.56. The summed E-state index contributed by atoms with van der Waals surface area (Å²) in [5, 5.41) is 10.6. The largest absolute Gasteiger partial charge is 0.481 e. The fourth-order valence-corrected chi connectivity index (χ4v) is 1.56. The van der Waals surface area contributed by atoms with E-state index in [9.17, 15) is 4.79 Å². The molecule has 1 amide bonds. The van der Waals surface area contributed by atoms with E-state index in [2.05, 4.69) is 20.5 Å². The number of hydrogen-bond donors (Lipinski definition) is 1. The summed E-state index contributed by atoms with van der Waals surface area (Å²) in [7, 11) is 1.56. The lowest BCUT2D eigenvalue weighted by molar-refractivity contribution is -0.121. The Kier molecular flexibility index (Phi) is 3.55. The zero-order chi connectivity index (χ0) is 13.0. The molecule has 0 aromatic carbocycles. The van der Waals surface area contributed by atoms with Crippen molar-refractivity contribution in [3.8, 4) is 5.88 Å². The van der Waals surface area contributed by atoms with Crippen LogP contribution in [0.3, 0.4) is 0 Å². The van der Waals surface area contributed by atoms with Crippen LogP contribution in [0.5, 0.6) is 5.88 Å². The normalized spacial score (nSPS) is 15.2. The molecule has 0 aliphatic carbocycles. The molecule has 0 fully saturated rings. The second kappa shape index (κ2) is 5.12. The van der Waals surface area contributed by atoms with E-state index in [0.29, 0.717) is 25.3 Å². The number of ether oxygens (including phenoxy) is 1. The van der Waals surface area contributed by atoms with Crippen LogP contribution < -0.4 is 10.1 Å². The average molecular weight is 248 g/mol. The molecule has 0 saturated heterocycles. The van der Waals surface area contributed by atoms with E-state index in [1.54, 1.807) is 13.3 Å². The average Bonchev–Trinajstić information content (AvgIpc) is 3.13. The third kappa shape index (κ3) is 3.26. The SMILES string of the molecule is COc1ncccc1CNC(=O)CCC1(C)N=N1. The minimum absolute atomic E-state index is 0.0144. The summed E-state index contributed by atoms with van der Waals surface area (Å²) in [5.74, 6) is 0.524. The van der Waals surface area contributed by atoms with E-state index in [1.807, 2.05) is 19.1 Å². The number of aromatic nitrogens is 1. The monoisotopic (exact) mass is 248 g/mol. The van der Waals surface area contributed by atoms with Gasteiger partial charge in [-0.3, -0.25) is 4.79 Å². The van der Waals surface area contributed by atoms with Crippen molar-refractivity contribution < 1.29 is 9.53 Å². The molecule has 1 aliphatic heterocycles. The Labute approximate surface area is 105 Å². The van der Waals surface area contributed by atoms with E-state index >= 15 is 0 Å². The van der Waals surface area contributed by atoms with Gasteiger partial charge < -0.3 is 10.1 Å². The molecule has 1 aromatic rings. The zero-order valence-corrected chi connectivity index (χ0v) is 10.5. The number of carbonyl (C=O) groups excluding carboxylic acids is 1. The van der Waals surface area contributed by atoms with Crippen LogP contribution in [0.15, 0.2) is 28.6 Å². The minimum atomic E-state index is -0.316. The molecule has 1 N–H and O–H groups in total. The third-order valence-corrected chi connectivity index (χ3v) is 2.79. The fraction of sp³-hybridized carbons (Fsp3) is 0.500. The molecule has 6 nitrogen and oxygen atoms in total. The first-order valence-electron chi connectivity index (χ1n) is 5.82. The van der Waals surface area contributed by atoms with Crippen LogP contribution in [0.25, 0.3) is 0 Å². The van der Waals surface area contributed by atoms with Gasteiger partial charge in [-0.05, 0) is 13.0 Å². The Hall–Kier alpha value is -1.98. The molecule has 96 valence electrons. The molecule has 6 heteroatoms. The van der Waals surface area contributed by atoms with Crippen molar-refractivity contribution in [2.45, 2.75) is 32.0 Å². The number of methoxy groups -OCH3 is 1. The second-order valence-electron chi connectivity index (χ2n) is 4.37. The molecule has 0 atom stereocenters. The van der Waals surface area contributed by atoms with E-state index in [-0.39, 0.29) is 11.6 Å². The van der Waals surface area contributed by atoms with Gasteiger partial charge in [0.1, 0.15) is 0 Å². The van der Waals surface area contributed by atoms with Crippen LogP contribution in [-0.4, -0.2) is 23.7 Å². The zero-order valence-electron chi connectivity index (χ0n) is 10.5. The first-order chi connectivity index (χ1) is 8.63. The minimum Gasteiger partial charge on any atom is -0.481 e. The first kappa shape index (κ1) is 12.5. The topological polar surface area (TPSA) is 75.9 Å². The van der Waals surface area contributed by atoms with Gasteiger partial charge in [0.05, 0.1) is 7.11 Å². The smallest absolute Gasteiger partial charge is 0.220 e. The standard InChI is InChI=1S/C12H16N4O2/c1-12(15-16-12)6-5-10(17)14-8-9-4-3-7-13-11(9)18-2/h3-4,7H,5-6,8H2,1-2H3,(H,14,17). The molecule has 1 aliphatic rings. The van der Waals surface area contributed by atoms with Crippen molar-refractivity contribution in [1.82, 2.24) is 10.3 Å². The number of pyridine rings is 1. The summed E-state index contributed by atoms with van der Waals surface area (Å²) in [5.41, 5.74) is 0.545. The molecule has 0 spiro atoms. The summed E-state index contributed by atoms with van der Waals surface area (Å²) in [6.07, 6.45) is 2.73. The third-order valence-electron chi connectivity index (χ3n) is 2.79. The predicted octanol–water partition coefficient (Wildman–Crippen LogP) is 1.67. The van der Waals surface area contributed by atoms with Crippen LogP contribution in [0.2, 0.25) is 0 Å². The summed E-state index contributed by atoms with van der Waals surface area (Å²) >= 11 is 0. The highest BCUT2D eigenvalue weighted by Crippen LogP contribution is 2.31. The van der Waals surface area contributed by atoms with Gasteiger partial charge in [0, 0.05) is 31.1 Å². The summed E-state index contributed by atoms with van der Waals surface area (Å²) in [6.45, 7) is 2.32. The molecule has 2 rings (SSSR count). The molecular weight excluding hydrogens is 232 g/mol. The van der Waals surface area contributed by atoms with Crippen LogP contribution in [0.1, 0.15) is 25.3 Å². The van der Waals surface area contributed by atoms with E-state index in [0.717, 1.165) is 5.56 Å². The van der Waals surface area contributed by atoms with Crippen LogP contribution >= 0.6 is 0 Å². The van der Waals surface area contributed by atoms with Gasteiger partial charge >= 0.3 is 0 Å². The van der Waals surface area contributed by atoms with Gasteiger partial charge in [-0.1, -0.05) is 6.07 Å². The highest BCUT2D eigenvalue weighted by Gasteiger charge is 2.33. The number of amides is 1. The van der Waals surface area contributed by atoms with Crippen molar-refractivity contribution in [2.24, 2.45) is 10.2 Å². The second-order valence-corrected chi connectivity index (χ2v) is 4.37. The lowest BCUT2D eigenvalue weighted by Gasteiger charge is -2.09. The summed E-state index contributed by atoms with van der Waals surface area (Å²) in [6, 6.07) is 3.69. The van der Waals surface area contributed by atoms with Crippen molar-refractivity contribution in [3.05, 3.63) is 23.9 Å². The Morgan fingerprint density at radius 3 is 2.94 bits per heavy atom. The van der Waals surface area contributed by atoms with Crippen LogP contribution in [0.4, 0.5) is 0 Å². The number of carbonyl (C=O) groups is 1. The van der Waals surface area contributed by atoms with Crippen molar-refractivity contribution in [3.63, 3.8) is 0 Å². The van der Waals surface area contributed by atoms with Crippen molar-refractivity contribution in [1.29, 1.82) is 0 Å². The molecule has 0 unspecified atom stereocenters. The lowest BCUT2D eigenvalue weighted by Crippen LogP contribution is -2.24. The van der Waals surface area contributed by atoms with E-state index in [4.69, 9.17) is 4.74 Å². The molecule has 1 aromatic heterocycles. The highest BCUT2D eigenvalue weighted by molar-refractivity contribution is 5.76. The molecular formula is C12H16N4O2. The van der Waals surface area contributed by atoms with Gasteiger partial charge in [0.2, 0.25) is 11.8 Å². The number of nitrogens with one attached hydrogen (secondary N) is 1. The molecule has 2 heterocycles. The Morgan fingerprint density at radius 2 is 2.28 bits per heavy atom.